The zero-order chi connectivity index (χ0) is 14.1. The third kappa shape index (κ3) is 5.74. The molecule has 2 nitrogen and oxygen atoms in total. The van der Waals surface area contributed by atoms with Crippen molar-refractivity contribution >= 4 is 22.9 Å². The van der Waals surface area contributed by atoms with E-state index >= 15 is 0 Å². The van der Waals surface area contributed by atoms with Crippen LogP contribution in [0.15, 0.2) is 35.7 Å². The Hall–Kier alpha value is -0.870. The fraction of sp³-hybridized carbons (Fsp3) is 0.333. The molecule has 0 unspecified atom stereocenters. The summed E-state index contributed by atoms with van der Waals surface area (Å²) < 4.78 is 9.42. The first-order valence-corrected chi connectivity index (χ1v) is 7.15. The van der Waals surface area contributed by atoms with E-state index in [0.29, 0.717) is 6.61 Å². The van der Waals surface area contributed by atoms with Gasteiger partial charge in [0.15, 0.2) is 0 Å². The maximum Gasteiger partial charge on any atom is 0.0808 e. The Labute approximate surface area is 123 Å². The largest absolute Gasteiger partial charge is 0.388 e. The maximum absolute atomic E-state index is 5.96. The second-order valence-electron chi connectivity index (χ2n) is 4.02. The van der Waals surface area contributed by atoms with Crippen LogP contribution in [0.2, 0.25) is 5.02 Å². The van der Waals surface area contributed by atoms with Crippen molar-refractivity contribution in [3.05, 3.63) is 56.7 Å². The second-order valence-corrected chi connectivity index (χ2v) is 5.45. The molecule has 0 spiro atoms. The quantitative estimate of drug-likeness (QED) is 0.833. The number of rotatable bonds is 4. The van der Waals surface area contributed by atoms with Gasteiger partial charge in [0.2, 0.25) is 0 Å². The third-order valence-electron chi connectivity index (χ3n) is 2.40. The smallest absolute Gasteiger partial charge is 0.0808 e. The molecule has 0 radical (unpaired) electrons. The van der Waals surface area contributed by atoms with Crippen LogP contribution < -0.4 is 0 Å². The predicted octanol–water partition coefficient (Wildman–Crippen LogP) is 4.40. The molecule has 1 aromatic heterocycles. The molecule has 0 bridgehead atoms. The molecule has 1 aromatic carbocycles. The SMILES string of the molecule is COC.COCc1sccc1Cc1cccc(Cl)c1. The monoisotopic (exact) mass is 298 g/mol. The molecule has 0 aliphatic carbocycles. The van der Waals surface area contributed by atoms with Gasteiger partial charge < -0.3 is 9.47 Å². The summed E-state index contributed by atoms with van der Waals surface area (Å²) in [6, 6.07) is 10.1. The van der Waals surface area contributed by atoms with Gasteiger partial charge in [0.1, 0.15) is 0 Å². The van der Waals surface area contributed by atoms with Crippen LogP contribution >= 0.6 is 22.9 Å². The van der Waals surface area contributed by atoms with Crippen LogP contribution in [0.5, 0.6) is 0 Å². The normalized spacial score (nSPS) is 9.89. The number of halogens is 1. The van der Waals surface area contributed by atoms with Gasteiger partial charge in [0, 0.05) is 31.2 Å². The highest BCUT2D eigenvalue weighted by atomic mass is 35.5. The van der Waals surface area contributed by atoms with Gasteiger partial charge in [0.05, 0.1) is 6.61 Å². The first-order valence-electron chi connectivity index (χ1n) is 5.90. The molecule has 0 saturated carbocycles. The summed E-state index contributed by atoms with van der Waals surface area (Å²) >= 11 is 7.70. The average molecular weight is 299 g/mol. The van der Waals surface area contributed by atoms with Crippen molar-refractivity contribution in [2.75, 3.05) is 21.3 Å². The van der Waals surface area contributed by atoms with E-state index in [1.807, 2.05) is 18.2 Å². The molecule has 4 heteroatoms. The van der Waals surface area contributed by atoms with Crippen LogP contribution in [0.1, 0.15) is 16.0 Å². The van der Waals surface area contributed by atoms with Crippen molar-refractivity contribution in [2.45, 2.75) is 13.0 Å². The fourth-order valence-corrected chi connectivity index (χ4v) is 2.74. The minimum atomic E-state index is 0.688. The summed E-state index contributed by atoms with van der Waals surface area (Å²) in [7, 11) is 4.98. The predicted molar refractivity (Wildman–Crippen MR) is 82.2 cm³/mol. The number of hydrogen-bond donors (Lipinski definition) is 0. The summed E-state index contributed by atoms with van der Waals surface area (Å²) in [5.41, 5.74) is 2.57. The van der Waals surface area contributed by atoms with E-state index in [1.165, 1.54) is 16.0 Å². The highest BCUT2D eigenvalue weighted by molar-refractivity contribution is 7.10. The molecule has 0 aliphatic heterocycles. The van der Waals surface area contributed by atoms with Gasteiger partial charge in [-0.15, -0.1) is 11.3 Å². The zero-order valence-corrected chi connectivity index (χ0v) is 13.1. The molecule has 0 aliphatic rings. The number of methoxy groups -OCH3 is 2. The standard InChI is InChI=1S/C13H13ClOS.C2H6O/c1-15-9-13-11(5-6-16-13)7-10-3-2-4-12(14)8-10;1-3-2/h2-6,8H,7,9H2,1H3;1-2H3. The highest BCUT2D eigenvalue weighted by Gasteiger charge is 2.05. The van der Waals surface area contributed by atoms with E-state index in [9.17, 15) is 0 Å². The Morgan fingerprint density at radius 1 is 1.16 bits per heavy atom. The van der Waals surface area contributed by atoms with Gasteiger partial charge in [0.25, 0.3) is 0 Å². The van der Waals surface area contributed by atoms with Crippen molar-refractivity contribution in [3.63, 3.8) is 0 Å². The first-order chi connectivity index (χ1) is 9.21. The van der Waals surface area contributed by atoms with Crippen LogP contribution in [0.4, 0.5) is 0 Å². The van der Waals surface area contributed by atoms with Crippen molar-refractivity contribution < 1.29 is 9.47 Å². The van der Waals surface area contributed by atoms with Crippen LogP contribution in [0.25, 0.3) is 0 Å². The Kier molecular flexibility index (Phi) is 7.75. The molecule has 0 atom stereocenters. The Morgan fingerprint density at radius 3 is 2.53 bits per heavy atom. The number of ether oxygens (including phenoxy) is 2. The first kappa shape index (κ1) is 16.2. The number of hydrogen-bond acceptors (Lipinski definition) is 3. The second kappa shape index (κ2) is 9.10. The summed E-state index contributed by atoms with van der Waals surface area (Å²) in [5, 5.41) is 2.90. The fourth-order valence-electron chi connectivity index (χ4n) is 1.65. The molecule has 104 valence electrons. The van der Waals surface area contributed by atoms with Gasteiger partial charge in [-0.25, -0.2) is 0 Å². The molecule has 0 amide bonds. The summed E-state index contributed by atoms with van der Waals surface area (Å²) in [5.74, 6) is 0. The minimum Gasteiger partial charge on any atom is -0.388 e. The molecular weight excluding hydrogens is 280 g/mol. The van der Waals surface area contributed by atoms with Gasteiger partial charge in [-0.3, -0.25) is 0 Å². The van der Waals surface area contributed by atoms with Gasteiger partial charge in [-0.05, 0) is 41.1 Å². The Bertz CT molecular complexity index is 483. The minimum absolute atomic E-state index is 0.688. The van der Waals surface area contributed by atoms with E-state index < -0.39 is 0 Å². The lowest BCUT2D eigenvalue weighted by Crippen LogP contribution is -1.92. The molecule has 0 saturated heterocycles. The van der Waals surface area contributed by atoms with Crippen molar-refractivity contribution in [3.8, 4) is 0 Å². The van der Waals surface area contributed by atoms with Crippen LogP contribution in [-0.4, -0.2) is 21.3 Å². The Balaban J connectivity index is 0.000000550. The van der Waals surface area contributed by atoms with Gasteiger partial charge in [-0.2, -0.15) is 0 Å². The lowest BCUT2D eigenvalue weighted by Gasteiger charge is -2.03. The van der Waals surface area contributed by atoms with Crippen molar-refractivity contribution in [2.24, 2.45) is 0 Å². The Morgan fingerprint density at radius 2 is 1.89 bits per heavy atom. The maximum atomic E-state index is 5.96. The van der Waals surface area contributed by atoms with E-state index in [1.54, 1.807) is 32.7 Å². The van der Waals surface area contributed by atoms with Crippen molar-refractivity contribution in [1.82, 2.24) is 0 Å². The molecule has 19 heavy (non-hydrogen) atoms. The summed E-state index contributed by atoms with van der Waals surface area (Å²) in [4.78, 5) is 1.29. The van der Waals surface area contributed by atoms with Crippen molar-refractivity contribution in [1.29, 1.82) is 0 Å². The molecular formula is C15H19ClO2S. The number of benzene rings is 1. The molecule has 1 heterocycles. The van der Waals surface area contributed by atoms with E-state index in [4.69, 9.17) is 16.3 Å². The average Bonchev–Trinajstić information content (AvgIpc) is 2.78. The summed E-state index contributed by atoms with van der Waals surface area (Å²) in [6.07, 6.45) is 0.919. The molecule has 0 fully saturated rings. The molecule has 0 N–H and O–H groups in total. The van der Waals surface area contributed by atoms with E-state index in [2.05, 4.69) is 22.2 Å². The summed E-state index contributed by atoms with van der Waals surface area (Å²) in [6.45, 7) is 0.688. The van der Waals surface area contributed by atoms with Gasteiger partial charge >= 0.3 is 0 Å². The highest BCUT2D eigenvalue weighted by Crippen LogP contribution is 2.22. The third-order valence-corrected chi connectivity index (χ3v) is 3.57. The van der Waals surface area contributed by atoms with Gasteiger partial charge in [-0.1, -0.05) is 23.7 Å². The topological polar surface area (TPSA) is 18.5 Å². The van der Waals surface area contributed by atoms with Crippen LogP contribution in [-0.2, 0) is 22.5 Å². The number of thiophene rings is 1. The molecule has 2 rings (SSSR count). The van der Waals surface area contributed by atoms with E-state index in [-0.39, 0.29) is 0 Å². The molecule has 2 aromatic rings. The zero-order valence-electron chi connectivity index (χ0n) is 11.5. The lowest BCUT2D eigenvalue weighted by molar-refractivity contribution is 0.187. The van der Waals surface area contributed by atoms with E-state index in [0.717, 1.165) is 11.4 Å². The lowest BCUT2D eigenvalue weighted by atomic mass is 10.1. The van der Waals surface area contributed by atoms with Crippen LogP contribution in [0, 0.1) is 0 Å². The van der Waals surface area contributed by atoms with Crippen LogP contribution in [0.3, 0.4) is 0 Å².